The van der Waals surface area contributed by atoms with Crippen LogP contribution in [0.2, 0.25) is 0 Å². The minimum atomic E-state index is -1.17. The summed E-state index contributed by atoms with van der Waals surface area (Å²) in [5.41, 5.74) is 1.07. The van der Waals surface area contributed by atoms with Gasteiger partial charge in [0.2, 0.25) is 5.91 Å². The largest absolute Gasteiger partial charge is 0.325 e. The number of halogens is 1. The van der Waals surface area contributed by atoms with Crippen molar-refractivity contribution in [1.29, 1.82) is 0 Å². The number of amides is 4. The van der Waals surface area contributed by atoms with Gasteiger partial charge in [-0.05, 0) is 43.2 Å². The lowest BCUT2D eigenvalue weighted by atomic mass is 9.92. The number of nitrogens with zero attached hydrogens (tertiary/aromatic N) is 1. The summed E-state index contributed by atoms with van der Waals surface area (Å²) in [7, 11) is 0. The Balaban J connectivity index is 1.73. The van der Waals surface area contributed by atoms with Crippen molar-refractivity contribution in [1.82, 2.24) is 10.2 Å². The predicted molar refractivity (Wildman–Crippen MR) is 102 cm³/mol. The monoisotopic (exact) mass is 415 g/mol. The van der Waals surface area contributed by atoms with Crippen molar-refractivity contribution in [2.75, 3.05) is 11.9 Å². The van der Waals surface area contributed by atoms with Gasteiger partial charge in [0.25, 0.3) is 5.91 Å². The van der Waals surface area contributed by atoms with Crippen molar-refractivity contribution in [2.45, 2.75) is 19.4 Å². The van der Waals surface area contributed by atoms with Crippen LogP contribution in [-0.4, -0.2) is 29.3 Å². The zero-order valence-corrected chi connectivity index (χ0v) is 16.0. The minimum Gasteiger partial charge on any atom is -0.325 e. The number of hydrogen-bond donors (Lipinski definition) is 2. The maximum atomic E-state index is 12.8. The molecule has 1 atom stereocenters. The lowest BCUT2D eigenvalue weighted by Crippen LogP contribution is -2.42. The van der Waals surface area contributed by atoms with Crippen molar-refractivity contribution in [3.05, 3.63) is 64.1 Å². The molecule has 2 aromatic carbocycles. The molecule has 1 saturated heterocycles. The van der Waals surface area contributed by atoms with Crippen LogP contribution in [0.1, 0.15) is 18.1 Å². The Labute approximate surface area is 159 Å². The molecule has 1 aliphatic heterocycles. The van der Waals surface area contributed by atoms with Crippen molar-refractivity contribution in [2.24, 2.45) is 0 Å². The van der Waals surface area contributed by atoms with Crippen LogP contribution >= 0.6 is 15.9 Å². The zero-order valence-electron chi connectivity index (χ0n) is 14.4. The Morgan fingerprint density at radius 2 is 1.88 bits per heavy atom. The molecule has 1 unspecified atom stereocenters. The summed E-state index contributed by atoms with van der Waals surface area (Å²) in [6.45, 7) is 3.20. The van der Waals surface area contributed by atoms with E-state index in [-0.39, 0.29) is 6.54 Å². The Bertz CT molecular complexity index is 885. The van der Waals surface area contributed by atoms with Crippen molar-refractivity contribution >= 4 is 39.5 Å². The second-order valence-corrected chi connectivity index (χ2v) is 7.18. The number of nitrogens with one attached hydrogen (secondary N) is 2. The van der Waals surface area contributed by atoms with E-state index < -0.39 is 23.4 Å². The molecular formula is C19H18BrN3O3. The Kier molecular flexibility index (Phi) is 4.82. The minimum absolute atomic E-state index is 0.345. The molecule has 0 aliphatic carbocycles. The maximum absolute atomic E-state index is 12.8. The van der Waals surface area contributed by atoms with Crippen LogP contribution in [0, 0.1) is 6.92 Å². The van der Waals surface area contributed by atoms with Crippen LogP contribution in [-0.2, 0) is 15.1 Å². The number of carbonyl (C=O) groups excluding carboxylic acids is 3. The number of imide groups is 1. The molecule has 0 radical (unpaired) electrons. The number of carbonyl (C=O) groups is 3. The second kappa shape index (κ2) is 6.92. The van der Waals surface area contributed by atoms with Gasteiger partial charge in [0.05, 0.1) is 0 Å². The molecule has 134 valence electrons. The fourth-order valence-electron chi connectivity index (χ4n) is 2.87. The van der Waals surface area contributed by atoms with Gasteiger partial charge in [-0.15, -0.1) is 0 Å². The normalized spacial score (nSPS) is 19.4. The van der Waals surface area contributed by atoms with E-state index in [0.29, 0.717) is 11.3 Å². The van der Waals surface area contributed by atoms with Crippen LogP contribution in [0.5, 0.6) is 0 Å². The first kappa shape index (κ1) is 18.1. The van der Waals surface area contributed by atoms with E-state index in [1.807, 2.05) is 25.1 Å². The van der Waals surface area contributed by atoms with Gasteiger partial charge in [-0.3, -0.25) is 14.5 Å². The Morgan fingerprint density at radius 3 is 2.54 bits per heavy atom. The Morgan fingerprint density at radius 1 is 1.19 bits per heavy atom. The molecule has 0 spiro atoms. The lowest BCUT2D eigenvalue weighted by molar-refractivity contribution is -0.133. The molecule has 2 aromatic rings. The summed E-state index contributed by atoms with van der Waals surface area (Å²) in [6, 6.07) is 13.8. The fraction of sp³-hybridized carbons (Fsp3) is 0.211. The topological polar surface area (TPSA) is 78.5 Å². The van der Waals surface area contributed by atoms with E-state index in [1.165, 1.54) is 0 Å². The summed E-state index contributed by atoms with van der Waals surface area (Å²) in [5, 5.41) is 5.39. The summed E-state index contributed by atoms with van der Waals surface area (Å²) >= 11 is 3.40. The second-order valence-electron chi connectivity index (χ2n) is 6.32. The van der Waals surface area contributed by atoms with Crippen LogP contribution in [0.4, 0.5) is 10.5 Å². The van der Waals surface area contributed by atoms with E-state index in [1.54, 1.807) is 37.3 Å². The van der Waals surface area contributed by atoms with E-state index in [9.17, 15) is 14.4 Å². The molecule has 0 saturated carbocycles. The summed E-state index contributed by atoms with van der Waals surface area (Å²) < 4.78 is 0.934. The van der Waals surface area contributed by atoms with Crippen LogP contribution in [0.25, 0.3) is 0 Å². The van der Waals surface area contributed by atoms with Gasteiger partial charge in [-0.1, -0.05) is 46.3 Å². The number of hydrogen-bond acceptors (Lipinski definition) is 3. The SMILES string of the molecule is Cc1cc(NC(=O)CN2C(=O)NC(C)(c3ccccc3)C2=O)ccc1Br. The van der Waals surface area contributed by atoms with Gasteiger partial charge in [-0.25, -0.2) is 4.79 Å². The van der Waals surface area contributed by atoms with Gasteiger partial charge in [0.1, 0.15) is 12.1 Å². The molecule has 6 nitrogen and oxygen atoms in total. The first-order chi connectivity index (χ1) is 12.3. The molecule has 1 fully saturated rings. The van der Waals surface area contributed by atoms with Gasteiger partial charge in [0.15, 0.2) is 0 Å². The van der Waals surface area contributed by atoms with E-state index in [0.717, 1.165) is 14.9 Å². The van der Waals surface area contributed by atoms with Crippen LogP contribution in [0.15, 0.2) is 53.0 Å². The maximum Gasteiger partial charge on any atom is 0.325 e. The molecule has 3 rings (SSSR count). The smallest absolute Gasteiger partial charge is 0.325 e. The van der Waals surface area contributed by atoms with Crippen molar-refractivity contribution in [3.8, 4) is 0 Å². The third-order valence-electron chi connectivity index (χ3n) is 4.37. The standard InChI is InChI=1S/C19H18BrN3O3/c1-12-10-14(8-9-15(12)20)21-16(24)11-23-17(25)19(2,22-18(23)26)13-6-4-3-5-7-13/h3-10H,11H2,1-2H3,(H,21,24)(H,22,26). The summed E-state index contributed by atoms with van der Waals surface area (Å²) in [4.78, 5) is 38.3. The Hall–Kier alpha value is -2.67. The fourth-order valence-corrected chi connectivity index (χ4v) is 3.12. The van der Waals surface area contributed by atoms with E-state index >= 15 is 0 Å². The van der Waals surface area contributed by atoms with Crippen LogP contribution in [0.3, 0.4) is 0 Å². The average molecular weight is 416 g/mol. The molecule has 7 heteroatoms. The molecular weight excluding hydrogens is 398 g/mol. The molecule has 4 amide bonds. The highest BCUT2D eigenvalue weighted by Crippen LogP contribution is 2.28. The molecule has 0 bridgehead atoms. The van der Waals surface area contributed by atoms with Crippen LogP contribution < -0.4 is 10.6 Å². The molecule has 1 aliphatic rings. The predicted octanol–water partition coefficient (Wildman–Crippen LogP) is 3.16. The van der Waals surface area contributed by atoms with E-state index in [2.05, 4.69) is 26.6 Å². The van der Waals surface area contributed by atoms with Crippen molar-refractivity contribution in [3.63, 3.8) is 0 Å². The zero-order chi connectivity index (χ0) is 18.9. The molecule has 1 heterocycles. The van der Waals surface area contributed by atoms with Crippen molar-refractivity contribution < 1.29 is 14.4 Å². The highest BCUT2D eigenvalue weighted by molar-refractivity contribution is 9.10. The van der Waals surface area contributed by atoms with Gasteiger partial charge in [-0.2, -0.15) is 0 Å². The average Bonchev–Trinajstić information content (AvgIpc) is 2.83. The number of urea groups is 1. The third-order valence-corrected chi connectivity index (χ3v) is 5.26. The lowest BCUT2D eigenvalue weighted by Gasteiger charge is -2.22. The van der Waals surface area contributed by atoms with Gasteiger partial charge >= 0.3 is 6.03 Å². The van der Waals surface area contributed by atoms with Gasteiger partial charge in [0, 0.05) is 10.2 Å². The van der Waals surface area contributed by atoms with Gasteiger partial charge < -0.3 is 10.6 Å². The number of anilines is 1. The number of benzene rings is 2. The summed E-state index contributed by atoms with van der Waals surface area (Å²) in [5.74, 6) is -0.886. The van der Waals surface area contributed by atoms with E-state index in [4.69, 9.17) is 0 Å². The highest BCUT2D eigenvalue weighted by atomic mass is 79.9. The third kappa shape index (κ3) is 3.35. The first-order valence-corrected chi connectivity index (χ1v) is 8.86. The molecule has 0 aromatic heterocycles. The number of rotatable bonds is 4. The summed E-state index contributed by atoms with van der Waals surface area (Å²) in [6.07, 6.45) is 0. The molecule has 2 N–H and O–H groups in total. The highest BCUT2D eigenvalue weighted by Gasteiger charge is 2.49. The number of aryl methyl sites for hydroxylation is 1. The molecule has 26 heavy (non-hydrogen) atoms. The first-order valence-electron chi connectivity index (χ1n) is 8.07. The quantitative estimate of drug-likeness (QED) is 0.752.